The monoisotopic (exact) mass is 187 g/mol. The molecule has 1 rings (SSSR count). The van der Waals surface area contributed by atoms with Gasteiger partial charge >= 0.3 is 0 Å². The van der Waals surface area contributed by atoms with E-state index in [2.05, 4.69) is 26.1 Å². The van der Waals surface area contributed by atoms with Crippen molar-refractivity contribution in [3.05, 3.63) is 0 Å². The minimum Gasteiger partial charge on any atom is -0.379 e. The molecule has 0 aliphatic carbocycles. The van der Waals surface area contributed by atoms with Crippen LogP contribution in [0.4, 0.5) is 0 Å². The van der Waals surface area contributed by atoms with Crippen molar-refractivity contribution in [3.8, 4) is 0 Å². The summed E-state index contributed by atoms with van der Waals surface area (Å²) in [6, 6.07) is 0.428. The molecule has 1 heterocycles. The summed E-state index contributed by atoms with van der Waals surface area (Å²) in [5.41, 5.74) is -0.194. The molecule has 4 atom stereocenters. The second kappa shape index (κ2) is 3.95. The van der Waals surface area contributed by atoms with Crippen LogP contribution < -0.4 is 5.32 Å². The van der Waals surface area contributed by atoms with E-state index in [4.69, 9.17) is 9.47 Å². The van der Waals surface area contributed by atoms with Crippen LogP contribution in [-0.4, -0.2) is 37.5 Å². The number of rotatable bonds is 2. The van der Waals surface area contributed by atoms with Gasteiger partial charge in [-0.15, -0.1) is 0 Å². The molecule has 13 heavy (non-hydrogen) atoms. The van der Waals surface area contributed by atoms with Crippen molar-refractivity contribution in [2.45, 2.75) is 51.5 Å². The molecule has 0 bridgehead atoms. The molecule has 0 aromatic rings. The fourth-order valence-electron chi connectivity index (χ4n) is 1.59. The summed E-state index contributed by atoms with van der Waals surface area (Å²) in [5, 5.41) is 3.43. The topological polar surface area (TPSA) is 30.5 Å². The van der Waals surface area contributed by atoms with Crippen LogP contribution >= 0.6 is 0 Å². The van der Waals surface area contributed by atoms with Crippen molar-refractivity contribution in [2.24, 2.45) is 0 Å². The first-order valence-electron chi connectivity index (χ1n) is 4.93. The fourth-order valence-corrected chi connectivity index (χ4v) is 1.59. The standard InChI is InChI=1S/C10H21NO2/c1-7-8(2)13-10(4,6-11-7)9(3)12-5/h7-9,11H,6H2,1-5H3. The summed E-state index contributed by atoms with van der Waals surface area (Å²) in [7, 11) is 1.72. The van der Waals surface area contributed by atoms with Gasteiger partial charge in [-0.25, -0.2) is 0 Å². The van der Waals surface area contributed by atoms with E-state index in [1.54, 1.807) is 7.11 Å². The van der Waals surface area contributed by atoms with Crippen molar-refractivity contribution >= 4 is 0 Å². The maximum atomic E-state index is 5.95. The summed E-state index contributed by atoms with van der Waals surface area (Å²) < 4.78 is 11.3. The Morgan fingerprint density at radius 1 is 1.54 bits per heavy atom. The number of hydrogen-bond donors (Lipinski definition) is 1. The largest absolute Gasteiger partial charge is 0.379 e. The lowest BCUT2D eigenvalue weighted by Gasteiger charge is -2.44. The lowest BCUT2D eigenvalue weighted by molar-refractivity contribution is -0.171. The molecule has 1 saturated heterocycles. The van der Waals surface area contributed by atoms with Crippen molar-refractivity contribution in [1.29, 1.82) is 0 Å². The van der Waals surface area contributed by atoms with Crippen molar-refractivity contribution in [1.82, 2.24) is 5.32 Å². The minimum absolute atomic E-state index is 0.120. The lowest BCUT2D eigenvalue weighted by Crippen LogP contribution is -2.60. The Balaban J connectivity index is 2.61. The highest BCUT2D eigenvalue weighted by atomic mass is 16.6. The molecule has 1 fully saturated rings. The van der Waals surface area contributed by atoms with E-state index in [0.717, 1.165) is 6.54 Å². The molecule has 0 amide bonds. The Bertz CT molecular complexity index is 174. The third-order valence-electron chi connectivity index (χ3n) is 3.15. The van der Waals surface area contributed by atoms with Gasteiger partial charge < -0.3 is 14.8 Å². The molecule has 4 unspecified atom stereocenters. The number of hydrogen-bond acceptors (Lipinski definition) is 3. The lowest BCUT2D eigenvalue weighted by atomic mass is 9.96. The zero-order valence-electron chi connectivity index (χ0n) is 9.26. The van der Waals surface area contributed by atoms with Crippen molar-refractivity contribution in [3.63, 3.8) is 0 Å². The van der Waals surface area contributed by atoms with E-state index in [-0.39, 0.29) is 17.8 Å². The van der Waals surface area contributed by atoms with Crippen LogP contribution in [0, 0.1) is 0 Å². The number of ether oxygens (including phenoxy) is 2. The van der Waals surface area contributed by atoms with E-state index >= 15 is 0 Å². The smallest absolute Gasteiger partial charge is 0.104 e. The SMILES string of the molecule is COC(C)C1(C)CNC(C)C(C)O1. The molecule has 0 aromatic heterocycles. The van der Waals surface area contributed by atoms with Gasteiger partial charge in [0.05, 0.1) is 12.2 Å². The van der Waals surface area contributed by atoms with E-state index in [1.807, 2.05) is 6.92 Å². The molecule has 0 saturated carbocycles. The first-order valence-corrected chi connectivity index (χ1v) is 4.93. The third kappa shape index (κ3) is 2.22. The average molecular weight is 187 g/mol. The summed E-state index contributed by atoms with van der Waals surface area (Å²) in [5.74, 6) is 0. The number of morpholine rings is 1. The van der Waals surface area contributed by atoms with Gasteiger partial charge in [-0.3, -0.25) is 0 Å². The molecule has 1 N–H and O–H groups in total. The zero-order valence-corrected chi connectivity index (χ0v) is 9.26. The summed E-state index contributed by atoms with van der Waals surface area (Å²) in [6.45, 7) is 9.23. The highest BCUT2D eigenvalue weighted by Gasteiger charge is 2.39. The summed E-state index contributed by atoms with van der Waals surface area (Å²) >= 11 is 0. The molecule has 3 nitrogen and oxygen atoms in total. The quantitative estimate of drug-likeness (QED) is 0.704. The molecule has 0 spiro atoms. The van der Waals surface area contributed by atoms with E-state index < -0.39 is 0 Å². The van der Waals surface area contributed by atoms with E-state index in [1.165, 1.54) is 0 Å². The van der Waals surface area contributed by atoms with Gasteiger partial charge in [0.1, 0.15) is 5.60 Å². The summed E-state index contributed by atoms with van der Waals surface area (Å²) in [6.07, 6.45) is 0.367. The Labute approximate surface area is 80.8 Å². The van der Waals surface area contributed by atoms with Crippen LogP contribution in [0.15, 0.2) is 0 Å². The first-order chi connectivity index (χ1) is 5.99. The van der Waals surface area contributed by atoms with Crippen molar-refractivity contribution in [2.75, 3.05) is 13.7 Å². The highest BCUT2D eigenvalue weighted by Crippen LogP contribution is 2.24. The Hall–Kier alpha value is -0.120. The maximum absolute atomic E-state index is 5.95. The Kier molecular flexibility index (Phi) is 3.33. The van der Waals surface area contributed by atoms with Crippen LogP contribution in [0.2, 0.25) is 0 Å². The zero-order chi connectivity index (χ0) is 10.1. The second-order valence-corrected chi connectivity index (χ2v) is 4.18. The second-order valence-electron chi connectivity index (χ2n) is 4.18. The normalized spacial score (nSPS) is 43.2. The van der Waals surface area contributed by atoms with Crippen LogP contribution in [-0.2, 0) is 9.47 Å². The van der Waals surface area contributed by atoms with Crippen LogP contribution in [0.5, 0.6) is 0 Å². The molecule has 0 radical (unpaired) electrons. The highest BCUT2D eigenvalue weighted by molar-refractivity contribution is 4.92. The molecule has 1 aliphatic rings. The first kappa shape index (κ1) is 11.0. The van der Waals surface area contributed by atoms with Crippen LogP contribution in [0.25, 0.3) is 0 Å². The third-order valence-corrected chi connectivity index (χ3v) is 3.15. The fraction of sp³-hybridized carbons (Fsp3) is 1.00. The maximum Gasteiger partial charge on any atom is 0.104 e. The van der Waals surface area contributed by atoms with E-state index in [0.29, 0.717) is 6.04 Å². The molecular formula is C10H21NO2. The predicted molar refractivity (Wildman–Crippen MR) is 52.9 cm³/mol. The van der Waals surface area contributed by atoms with Gasteiger partial charge in [-0.2, -0.15) is 0 Å². The average Bonchev–Trinajstić information content (AvgIpc) is 2.11. The molecule has 3 heteroatoms. The van der Waals surface area contributed by atoms with Gasteiger partial charge in [0, 0.05) is 19.7 Å². The number of nitrogens with one attached hydrogen (secondary N) is 1. The Morgan fingerprint density at radius 2 is 2.15 bits per heavy atom. The van der Waals surface area contributed by atoms with Gasteiger partial charge in [0.2, 0.25) is 0 Å². The molecule has 1 aliphatic heterocycles. The van der Waals surface area contributed by atoms with Crippen LogP contribution in [0.3, 0.4) is 0 Å². The van der Waals surface area contributed by atoms with E-state index in [9.17, 15) is 0 Å². The van der Waals surface area contributed by atoms with Gasteiger partial charge in [0.15, 0.2) is 0 Å². The van der Waals surface area contributed by atoms with Gasteiger partial charge in [-0.1, -0.05) is 0 Å². The molecule has 78 valence electrons. The van der Waals surface area contributed by atoms with Crippen LogP contribution in [0.1, 0.15) is 27.7 Å². The van der Waals surface area contributed by atoms with Gasteiger partial charge in [0.25, 0.3) is 0 Å². The predicted octanol–water partition coefficient (Wildman–Crippen LogP) is 1.18. The minimum atomic E-state index is -0.194. The van der Waals surface area contributed by atoms with Gasteiger partial charge in [-0.05, 0) is 27.7 Å². The summed E-state index contributed by atoms with van der Waals surface area (Å²) in [4.78, 5) is 0. The van der Waals surface area contributed by atoms with Crippen molar-refractivity contribution < 1.29 is 9.47 Å². The number of methoxy groups -OCH3 is 1. The Morgan fingerprint density at radius 3 is 2.62 bits per heavy atom. The molecule has 0 aromatic carbocycles. The molecular weight excluding hydrogens is 166 g/mol.